The Morgan fingerprint density at radius 1 is 1.04 bits per heavy atom. The van der Waals surface area contributed by atoms with Crippen LogP contribution in [0.2, 0.25) is 0 Å². The number of imide groups is 1. The quantitative estimate of drug-likeness (QED) is 0.554. The molecule has 4 rings (SSSR count). The molecular weight excluding hydrogens is 390 g/mol. The van der Waals surface area contributed by atoms with Crippen molar-refractivity contribution in [1.82, 2.24) is 9.88 Å². The normalized spacial score (nSPS) is 16.1. The number of hydrogen-bond donors (Lipinski definition) is 0. The lowest BCUT2D eigenvalue weighted by Gasteiger charge is -2.27. The summed E-state index contributed by atoms with van der Waals surface area (Å²) < 4.78 is 1.20. The molecule has 3 aromatic rings. The van der Waals surface area contributed by atoms with E-state index >= 15 is 0 Å². The molecular formula is C21H19N3O2S2. The van der Waals surface area contributed by atoms with Crippen molar-refractivity contribution in [2.45, 2.75) is 35.0 Å². The molecule has 5 nitrogen and oxygen atoms in total. The van der Waals surface area contributed by atoms with Gasteiger partial charge in [-0.1, -0.05) is 17.8 Å². The third-order valence-corrected chi connectivity index (χ3v) is 6.77. The lowest BCUT2D eigenvalue weighted by molar-refractivity contribution is -0.123. The number of anilines is 1. The highest BCUT2D eigenvalue weighted by molar-refractivity contribution is 8.01. The number of rotatable bonds is 5. The first kappa shape index (κ1) is 18.7. The van der Waals surface area contributed by atoms with Gasteiger partial charge >= 0.3 is 6.03 Å². The SMILES string of the molecule is CC1(C)C(=O)N(c2ccc(Sc3cccs3)cc2)C(=O)N1Cc1ccncc1. The number of benzene rings is 1. The Kier molecular flexibility index (Phi) is 4.95. The number of urea groups is 1. The van der Waals surface area contributed by atoms with E-state index in [0.29, 0.717) is 12.2 Å². The molecule has 0 aliphatic carbocycles. The minimum absolute atomic E-state index is 0.217. The third-order valence-electron chi connectivity index (χ3n) is 4.72. The summed E-state index contributed by atoms with van der Waals surface area (Å²) in [6.07, 6.45) is 3.37. The molecule has 28 heavy (non-hydrogen) atoms. The predicted octanol–water partition coefficient (Wildman–Crippen LogP) is 5.04. The average molecular weight is 410 g/mol. The summed E-state index contributed by atoms with van der Waals surface area (Å²) in [5.41, 5.74) is 0.620. The summed E-state index contributed by atoms with van der Waals surface area (Å²) in [6.45, 7) is 3.94. The van der Waals surface area contributed by atoms with E-state index < -0.39 is 5.54 Å². The number of aromatic nitrogens is 1. The fourth-order valence-electron chi connectivity index (χ4n) is 3.10. The second-order valence-corrected chi connectivity index (χ2v) is 9.27. The Labute approximate surface area is 172 Å². The maximum Gasteiger partial charge on any atom is 0.332 e. The van der Waals surface area contributed by atoms with Crippen molar-refractivity contribution >= 4 is 40.7 Å². The molecule has 3 amide bonds. The van der Waals surface area contributed by atoms with Gasteiger partial charge in [0.05, 0.1) is 9.90 Å². The Morgan fingerprint density at radius 3 is 2.39 bits per heavy atom. The van der Waals surface area contributed by atoms with Crippen molar-refractivity contribution < 1.29 is 9.59 Å². The zero-order valence-corrected chi connectivity index (χ0v) is 17.2. The van der Waals surface area contributed by atoms with Gasteiger partial charge in [-0.05, 0) is 67.3 Å². The fraction of sp³-hybridized carbons (Fsp3) is 0.190. The van der Waals surface area contributed by atoms with Crippen LogP contribution in [-0.2, 0) is 11.3 Å². The average Bonchev–Trinajstić information content (AvgIpc) is 3.26. The van der Waals surface area contributed by atoms with E-state index in [9.17, 15) is 9.59 Å². The minimum atomic E-state index is -0.912. The van der Waals surface area contributed by atoms with Gasteiger partial charge in [-0.15, -0.1) is 11.3 Å². The van der Waals surface area contributed by atoms with Crippen molar-refractivity contribution in [2.75, 3.05) is 4.90 Å². The van der Waals surface area contributed by atoms with E-state index in [2.05, 4.69) is 11.1 Å². The highest BCUT2D eigenvalue weighted by Crippen LogP contribution is 2.36. The van der Waals surface area contributed by atoms with Gasteiger partial charge in [0.15, 0.2) is 0 Å². The smallest absolute Gasteiger partial charge is 0.305 e. The lowest BCUT2D eigenvalue weighted by atomic mass is 10.0. The molecule has 0 radical (unpaired) electrons. The molecule has 3 heterocycles. The van der Waals surface area contributed by atoms with E-state index in [4.69, 9.17) is 0 Å². The molecule has 1 fully saturated rings. The summed E-state index contributed by atoms with van der Waals surface area (Å²) in [5.74, 6) is -0.217. The van der Waals surface area contributed by atoms with Gasteiger partial charge in [0.1, 0.15) is 5.54 Å². The first-order chi connectivity index (χ1) is 13.5. The van der Waals surface area contributed by atoms with Gasteiger partial charge < -0.3 is 4.90 Å². The van der Waals surface area contributed by atoms with Crippen LogP contribution in [0.25, 0.3) is 0 Å². The number of amides is 3. The van der Waals surface area contributed by atoms with Crippen LogP contribution in [-0.4, -0.2) is 27.4 Å². The van der Waals surface area contributed by atoms with Crippen molar-refractivity contribution in [1.29, 1.82) is 0 Å². The van der Waals surface area contributed by atoms with Crippen LogP contribution in [0.1, 0.15) is 19.4 Å². The van der Waals surface area contributed by atoms with Crippen LogP contribution < -0.4 is 4.90 Å². The maximum atomic E-state index is 13.1. The molecule has 1 aliphatic heterocycles. The molecule has 0 atom stereocenters. The van der Waals surface area contributed by atoms with Crippen molar-refractivity contribution in [3.63, 3.8) is 0 Å². The van der Waals surface area contributed by atoms with Gasteiger partial charge in [-0.25, -0.2) is 9.69 Å². The van der Waals surface area contributed by atoms with Crippen molar-refractivity contribution in [2.24, 2.45) is 0 Å². The second-order valence-electron chi connectivity index (χ2n) is 6.95. The number of hydrogen-bond acceptors (Lipinski definition) is 5. The fourth-order valence-corrected chi connectivity index (χ4v) is 4.85. The zero-order valence-electron chi connectivity index (χ0n) is 15.5. The molecule has 1 aliphatic rings. The summed E-state index contributed by atoms with van der Waals surface area (Å²) in [5, 5.41) is 2.04. The van der Waals surface area contributed by atoms with Crippen LogP contribution >= 0.6 is 23.1 Å². The molecule has 0 spiro atoms. The van der Waals surface area contributed by atoms with Crippen LogP contribution in [0.4, 0.5) is 10.5 Å². The molecule has 2 aromatic heterocycles. The molecule has 7 heteroatoms. The summed E-state index contributed by atoms with van der Waals surface area (Å²) >= 11 is 3.35. The highest BCUT2D eigenvalue weighted by atomic mass is 32.2. The predicted molar refractivity (Wildman–Crippen MR) is 112 cm³/mol. The van der Waals surface area contributed by atoms with E-state index in [1.165, 1.54) is 9.11 Å². The molecule has 0 bridgehead atoms. The summed E-state index contributed by atoms with van der Waals surface area (Å²) in [6, 6.07) is 15.0. The molecule has 142 valence electrons. The standard InChI is InChI=1S/C21H19N3O2S2/c1-21(2)19(25)24(20(26)23(21)14-15-9-11-22-12-10-15)16-5-7-17(8-6-16)28-18-4-3-13-27-18/h3-13H,14H2,1-2H3. The van der Waals surface area contributed by atoms with Crippen LogP contribution in [0.15, 0.2) is 75.4 Å². The van der Waals surface area contributed by atoms with Gasteiger partial charge in [-0.2, -0.15) is 0 Å². The van der Waals surface area contributed by atoms with E-state index in [-0.39, 0.29) is 11.9 Å². The van der Waals surface area contributed by atoms with Gasteiger partial charge in [-0.3, -0.25) is 9.78 Å². The van der Waals surface area contributed by atoms with Gasteiger partial charge in [0.2, 0.25) is 0 Å². The third kappa shape index (κ3) is 3.43. The first-order valence-electron chi connectivity index (χ1n) is 8.83. The second kappa shape index (κ2) is 7.41. The van der Waals surface area contributed by atoms with Crippen molar-refractivity contribution in [3.05, 3.63) is 71.9 Å². The summed E-state index contributed by atoms with van der Waals surface area (Å²) in [7, 11) is 0. The number of carbonyl (C=O) groups is 2. The lowest BCUT2D eigenvalue weighted by Crippen LogP contribution is -2.43. The number of nitrogens with zero attached hydrogens (tertiary/aromatic N) is 3. The van der Waals surface area contributed by atoms with Crippen LogP contribution in [0.3, 0.4) is 0 Å². The van der Waals surface area contributed by atoms with E-state index in [0.717, 1.165) is 10.5 Å². The van der Waals surface area contributed by atoms with Crippen LogP contribution in [0, 0.1) is 0 Å². The number of pyridine rings is 1. The topological polar surface area (TPSA) is 53.5 Å². The number of thiophene rings is 1. The van der Waals surface area contributed by atoms with Gasteiger partial charge in [0, 0.05) is 23.8 Å². The molecule has 0 unspecified atom stereocenters. The zero-order chi connectivity index (χ0) is 19.7. The van der Waals surface area contributed by atoms with E-state index in [1.807, 2.05) is 47.8 Å². The number of carbonyl (C=O) groups excluding carboxylic acids is 2. The minimum Gasteiger partial charge on any atom is -0.305 e. The largest absolute Gasteiger partial charge is 0.332 e. The van der Waals surface area contributed by atoms with Crippen molar-refractivity contribution in [3.8, 4) is 0 Å². The summed E-state index contributed by atoms with van der Waals surface area (Å²) in [4.78, 5) is 34.1. The maximum absolute atomic E-state index is 13.1. The molecule has 0 N–H and O–H groups in total. The highest BCUT2D eigenvalue weighted by Gasteiger charge is 2.51. The first-order valence-corrected chi connectivity index (χ1v) is 10.5. The molecule has 1 aromatic carbocycles. The van der Waals surface area contributed by atoms with E-state index in [1.54, 1.807) is 54.2 Å². The molecule has 1 saturated heterocycles. The Morgan fingerprint density at radius 2 is 1.75 bits per heavy atom. The Hall–Kier alpha value is -2.64. The Bertz CT molecular complexity index is 986. The van der Waals surface area contributed by atoms with Gasteiger partial charge in [0.25, 0.3) is 5.91 Å². The van der Waals surface area contributed by atoms with Crippen LogP contribution in [0.5, 0.6) is 0 Å². The Balaban J connectivity index is 1.57. The monoisotopic (exact) mass is 409 g/mol. The molecule has 0 saturated carbocycles.